The third kappa shape index (κ3) is 8.08. The second-order valence-electron chi connectivity index (χ2n) is 11.0. The lowest BCUT2D eigenvalue weighted by molar-refractivity contribution is 0.254. The molecule has 0 saturated carbocycles. The highest BCUT2D eigenvalue weighted by Crippen LogP contribution is 2.24. The summed E-state index contributed by atoms with van der Waals surface area (Å²) in [6.07, 6.45) is 4.01. The lowest BCUT2D eigenvalue weighted by Crippen LogP contribution is -2.47. The molecule has 0 bridgehead atoms. The molecule has 2 saturated heterocycles. The van der Waals surface area contributed by atoms with E-state index < -0.39 is 15.7 Å². The van der Waals surface area contributed by atoms with Crippen molar-refractivity contribution in [3.63, 3.8) is 0 Å². The van der Waals surface area contributed by atoms with Crippen molar-refractivity contribution >= 4 is 38.4 Å². The Morgan fingerprint density at radius 1 is 0.857 bits per heavy atom. The van der Waals surface area contributed by atoms with Gasteiger partial charge in [-0.15, -0.1) is 0 Å². The summed E-state index contributed by atoms with van der Waals surface area (Å²) in [6.45, 7) is 9.41. The van der Waals surface area contributed by atoms with Crippen molar-refractivity contribution in [2.75, 3.05) is 56.0 Å². The molecule has 42 heavy (non-hydrogen) atoms. The number of aryl methyl sites for hydroxylation is 1. The zero-order valence-electron chi connectivity index (χ0n) is 23.6. The molecule has 0 atom stereocenters. The topological polar surface area (TPSA) is 55.9 Å². The summed E-state index contributed by atoms with van der Waals surface area (Å²) in [4.78, 5) is 8.73. The zero-order valence-corrected chi connectivity index (χ0v) is 25.3. The zero-order chi connectivity index (χ0) is 28.8. The van der Waals surface area contributed by atoms with Gasteiger partial charge in [0.05, 0.1) is 14.8 Å². The Kier molecular flexibility index (Phi) is 11.0. The van der Waals surface area contributed by atoms with Crippen molar-refractivity contribution in [3.05, 3.63) is 84.2 Å². The third-order valence-electron chi connectivity index (χ3n) is 8.14. The second-order valence-corrected chi connectivity index (χ2v) is 13.5. The van der Waals surface area contributed by atoms with Crippen molar-refractivity contribution < 1.29 is 12.8 Å². The highest BCUT2D eigenvalue weighted by molar-refractivity contribution is 7.91. The van der Waals surface area contributed by atoms with Gasteiger partial charge in [0, 0.05) is 56.7 Å². The molecule has 0 spiro atoms. The minimum Gasteiger partial charge on any atom is -0.382 e. The number of nitrogens with one attached hydrogen (secondary N) is 1. The Labute approximate surface area is 256 Å². The molecule has 1 N–H and O–H groups in total. The van der Waals surface area contributed by atoms with Gasteiger partial charge >= 0.3 is 0 Å². The second kappa shape index (κ2) is 14.4. The lowest BCUT2D eigenvalue weighted by atomic mass is 10.0. The molecule has 2 fully saturated rings. The number of piperidine rings is 1. The quantitative estimate of drug-likeness (QED) is 0.222. The standard InChI is InChI=1S/C32H39FN4O2S2.CH4/c1-25-4-10-29(11-5-25)36-23-21-35(22-24-36)18-2-3-32(40)37-19-16-28(17-20-37)34-27-8-14-31(15-9-27)41(38,39)30-12-6-26(33)7-13-30;/h4-15,28,34H,2-3,16-24H2,1H3;1H4. The summed E-state index contributed by atoms with van der Waals surface area (Å²) in [5, 5.41) is 3.55. The summed E-state index contributed by atoms with van der Waals surface area (Å²) in [5.41, 5.74) is 3.52. The number of benzene rings is 3. The van der Waals surface area contributed by atoms with Crippen molar-refractivity contribution in [2.45, 2.75) is 55.9 Å². The van der Waals surface area contributed by atoms with Crippen LogP contribution in [0.25, 0.3) is 0 Å². The number of likely N-dealkylation sites (tertiary alicyclic amines) is 1. The molecule has 0 unspecified atom stereocenters. The van der Waals surface area contributed by atoms with E-state index in [-0.39, 0.29) is 17.2 Å². The fourth-order valence-corrected chi connectivity index (χ4v) is 7.17. The smallest absolute Gasteiger partial charge is 0.206 e. The van der Waals surface area contributed by atoms with E-state index in [4.69, 9.17) is 12.2 Å². The number of thiocarbonyl (C=S) groups is 1. The van der Waals surface area contributed by atoms with E-state index in [9.17, 15) is 12.8 Å². The summed E-state index contributed by atoms with van der Waals surface area (Å²) >= 11 is 5.80. The van der Waals surface area contributed by atoms with Gasteiger partial charge in [-0.25, -0.2) is 12.8 Å². The number of nitrogens with zero attached hydrogens (tertiary/aromatic N) is 3. The van der Waals surface area contributed by atoms with Crippen LogP contribution in [0.3, 0.4) is 0 Å². The van der Waals surface area contributed by atoms with Crippen molar-refractivity contribution in [3.8, 4) is 0 Å². The van der Waals surface area contributed by atoms with Crippen LogP contribution >= 0.6 is 12.2 Å². The van der Waals surface area contributed by atoms with E-state index in [1.165, 1.54) is 23.4 Å². The van der Waals surface area contributed by atoms with Gasteiger partial charge in [0.1, 0.15) is 5.82 Å². The average Bonchev–Trinajstić information content (AvgIpc) is 2.99. The van der Waals surface area contributed by atoms with Crippen LogP contribution in [-0.4, -0.2) is 75.1 Å². The number of piperazine rings is 1. The fraction of sp³-hybridized carbons (Fsp3) is 0.424. The molecule has 0 amide bonds. The first-order valence-electron chi connectivity index (χ1n) is 14.5. The molecule has 2 heterocycles. The third-order valence-corrected chi connectivity index (χ3v) is 10.4. The molecule has 5 rings (SSSR count). The Bertz CT molecular complexity index is 1400. The van der Waals surface area contributed by atoms with Crippen LogP contribution in [0.2, 0.25) is 0 Å². The molecule has 0 aliphatic carbocycles. The van der Waals surface area contributed by atoms with Gasteiger partial charge in [0.2, 0.25) is 9.84 Å². The van der Waals surface area contributed by atoms with Crippen molar-refractivity contribution in [1.82, 2.24) is 9.80 Å². The van der Waals surface area contributed by atoms with E-state index in [2.05, 4.69) is 51.2 Å². The maximum absolute atomic E-state index is 13.2. The van der Waals surface area contributed by atoms with Crippen molar-refractivity contribution in [1.29, 1.82) is 0 Å². The van der Waals surface area contributed by atoms with E-state index in [1.807, 2.05) is 0 Å². The summed E-state index contributed by atoms with van der Waals surface area (Å²) < 4.78 is 38.8. The summed E-state index contributed by atoms with van der Waals surface area (Å²) in [6, 6.07) is 20.9. The molecule has 9 heteroatoms. The minimum atomic E-state index is -3.67. The molecular weight excluding hydrogens is 568 g/mol. The van der Waals surface area contributed by atoms with Crippen LogP contribution in [-0.2, 0) is 9.84 Å². The lowest BCUT2D eigenvalue weighted by Gasteiger charge is -2.37. The van der Waals surface area contributed by atoms with Gasteiger partial charge in [0.15, 0.2) is 0 Å². The van der Waals surface area contributed by atoms with E-state index in [0.717, 1.165) is 94.3 Å². The summed E-state index contributed by atoms with van der Waals surface area (Å²) in [5.74, 6) is -0.459. The Morgan fingerprint density at radius 2 is 1.43 bits per heavy atom. The Hall–Kier alpha value is -3.01. The number of halogens is 1. The predicted molar refractivity (Wildman–Crippen MR) is 175 cm³/mol. The van der Waals surface area contributed by atoms with Crippen LogP contribution in [0.15, 0.2) is 82.6 Å². The van der Waals surface area contributed by atoms with Gasteiger partial charge in [-0.3, -0.25) is 4.90 Å². The maximum Gasteiger partial charge on any atom is 0.206 e. The van der Waals surface area contributed by atoms with Crippen LogP contribution in [0, 0.1) is 12.7 Å². The number of hydrogen-bond acceptors (Lipinski definition) is 6. The first kappa shape index (κ1) is 31.9. The van der Waals surface area contributed by atoms with Gasteiger partial charge in [0.25, 0.3) is 0 Å². The molecule has 2 aliphatic rings. The largest absolute Gasteiger partial charge is 0.382 e. The number of anilines is 2. The molecule has 3 aromatic carbocycles. The van der Waals surface area contributed by atoms with Gasteiger partial charge in [-0.05, 0) is 99.8 Å². The number of hydrogen-bond donors (Lipinski definition) is 1. The van der Waals surface area contributed by atoms with E-state index in [1.54, 1.807) is 24.3 Å². The Balaban J connectivity index is 0.00000405. The molecule has 2 aliphatic heterocycles. The van der Waals surface area contributed by atoms with Crippen LogP contribution < -0.4 is 10.2 Å². The van der Waals surface area contributed by atoms with E-state index >= 15 is 0 Å². The maximum atomic E-state index is 13.2. The first-order chi connectivity index (χ1) is 19.8. The molecule has 0 aromatic heterocycles. The first-order valence-corrected chi connectivity index (χ1v) is 16.4. The SMILES string of the molecule is C.Cc1ccc(N2CCN(CCCC(=S)N3CCC(Nc4ccc(S(=O)(=O)c5ccc(F)cc5)cc4)CC3)CC2)cc1. The number of rotatable bonds is 9. The summed E-state index contributed by atoms with van der Waals surface area (Å²) in [7, 11) is -3.67. The van der Waals surface area contributed by atoms with Gasteiger partial charge in [-0.2, -0.15) is 0 Å². The van der Waals surface area contributed by atoms with Crippen LogP contribution in [0.4, 0.5) is 15.8 Å². The van der Waals surface area contributed by atoms with Crippen LogP contribution in [0.1, 0.15) is 38.7 Å². The number of sulfone groups is 1. The Morgan fingerprint density at radius 3 is 2.02 bits per heavy atom. The fourth-order valence-electron chi connectivity index (χ4n) is 5.59. The molecule has 226 valence electrons. The molecule has 0 radical (unpaired) electrons. The van der Waals surface area contributed by atoms with Gasteiger partial charge in [-0.1, -0.05) is 37.3 Å². The predicted octanol–water partition coefficient (Wildman–Crippen LogP) is 6.41. The minimum absolute atomic E-state index is 0. The monoisotopic (exact) mass is 610 g/mol. The average molecular weight is 611 g/mol. The normalized spacial score (nSPS) is 16.6. The highest BCUT2D eigenvalue weighted by Gasteiger charge is 2.22. The molecule has 3 aromatic rings. The molecular formula is C33H43FN4O2S2. The van der Waals surface area contributed by atoms with Crippen molar-refractivity contribution in [2.24, 2.45) is 0 Å². The molecule has 6 nitrogen and oxygen atoms in total. The van der Waals surface area contributed by atoms with Gasteiger partial charge < -0.3 is 15.1 Å². The highest BCUT2D eigenvalue weighted by atomic mass is 32.2. The van der Waals surface area contributed by atoms with Crippen LogP contribution in [0.5, 0.6) is 0 Å². The van der Waals surface area contributed by atoms with E-state index in [0.29, 0.717) is 6.04 Å².